The van der Waals surface area contributed by atoms with Gasteiger partial charge in [0.15, 0.2) is 0 Å². The molecule has 3 nitrogen and oxygen atoms in total. The van der Waals surface area contributed by atoms with Crippen molar-refractivity contribution < 1.29 is 9.53 Å². The van der Waals surface area contributed by atoms with Crippen molar-refractivity contribution >= 4 is 33.2 Å². The Balaban J connectivity index is 2.14. The molecule has 0 unspecified atom stereocenters. The summed E-state index contributed by atoms with van der Waals surface area (Å²) in [4.78, 5) is 15.6. The van der Waals surface area contributed by atoms with Gasteiger partial charge in [0.1, 0.15) is 0 Å². The molecule has 0 spiro atoms. The lowest BCUT2D eigenvalue weighted by atomic mass is 10.2. The van der Waals surface area contributed by atoms with Crippen LogP contribution in [0.5, 0.6) is 0 Å². The third kappa shape index (κ3) is 4.16. The monoisotopic (exact) mass is 353 g/mol. The summed E-state index contributed by atoms with van der Waals surface area (Å²) in [6, 6.07) is 11.5. The third-order valence-electron chi connectivity index (χ3n) is 2.85. The lowest BCUT2D eigenvalue weighted by Crippen LogP contribution is -2.33. The van der Waals surface area contributed by atoms with Crippen molar-refractivity contribution in [2.45, 2.75) is 6.54 Å². The molecule has 0 atom stereocenters. The molecule has 106 valence electrons. The molecule has 20 heavy (non-hydrogen) atoms. The van der Waals surface area contributed by atoms with Gasteiger partial charge < -0.3 is 9.64 Å². The average Bonchev–Trinajstić information content (AvgIpc) is 2.95. The van der Waals surface area contributed by atoms with Gasteiger partial charge in [-0.2, -0.15) is 0 Å². The first-order chi connectivity index (χ1) is 9.70. The smallest absolute Gasteiger partial charge is 0.254 e. The lowest BCUT2D eigenvalue weighted by molar-refractivity contribution is 0.0682. The Hall–Kier alpha value is -1.17. The Kier molecular flexibility index (Phi) is 5.76. The van der Waals surface area contributed by atoms with Gasteiger partial charge in [-0.3, -0.25) is 4.79 Å². The quantitative estimate of drug-likeness (QED) is 0.790. The highest BCUT2D eigenvalue weighted by Gasteiger charge is 2.16. The highest BCUT2D eigenvalue weighted by Crippen LogP contribution is 2.17. The Morgan fingerprint density at radius 2 is 2.20 bits per heavy atom. The molecule has 0 fully saturated rings. The summed E-state index contributed by atoms with van der Waals surface area (Å²) >= 11 is 5.06. The number of carbonyl (C=O) groups is 1. The van der Waals surface area contributed by atoms with Crippen LogP contribution in [0.4, 0.5) is 0 Å². The fourth-order valence-corrected chi connectivity index (χ4v) is 2.97. The van der Waals surface area contributed by atoms with Crippen molar-refractivity contribution in [3.63, 3.8) is 0 Å². The van der Waals surface area contributed by atoms with E-state index < -0.39 is 0 Å². The van der Waals surface area contributed by atoms with Crippen molar-refractivity contribution in [1.29, 1.82) is 0 Å². The number of ether oxygens (including phenoxy) is 1. The van der Waals surface area contributed by atoms with Crippen LogP contribution in [0.2, 0.25) is 0 Å². The van der Waals surface area contributed by atoms with Gasteiger partial charge in [0.2, 0.25) is 0 Å². The van der Waals surface area contributed by atoms with Gasteiger partial charge in [-0.05, 0) is 29.6 Å². The van der Waals surface area contributed by atoms with E-state index in [1.807, 2.05) is 46.7 Å². The molecule has 2 aromatic rings. The first kappa shape index (κ1) is 15.2. The predicted octanol–water partition coefficient (Wildman–Crippen LogP) is 3.80. The number of hydrogen-bond acceptors (Lipinski definition) is 3. The standard InChI is InChI=1S/C15H16BrNO2S/c1-19-8-7-17(11-14-6-3-9-20-14)15(18)12-4-2-5-13(16)10-12/h2-6,9-10H,7-8,11H2,1H3. The number of rotatable bonds is 6. The van der Waals surface area contributed by atoms with E-state index in [1.54, 1.807) is 18.4 Å². The fourth-order valence-electron chi connectivity index (χ4n) is 1.85. The molecule has 0 saturated carbocycles. The maximum Gasteiger partial charge on any atom is 0.254 e. The Labute approximate surface area is 131 Å². The van der Waals surface area contributed by atoms with Crippen LogP contribution in [0.25, 0.3) is 0 Å². The summed E-state index contributed by atoms with van der Waals surface area (Å²) in [7, 11) is 1.65. The van der Waals surface area contributed by atoms with Crippen LogP contribution < -0.4 is 0 Å². The van der Waals surface area contributed by atoms with E-state index in [0.29, 0.717) is 25.3 Å². The van der Waals surface area contributed by atoms with Crippen LogP contribution >= 0.6 is 27.3 Å². The number of amides is 1. The number of hydrogen-bond donors (Lipinski definition) is 0. The number of nitrogens with zero attached hydrogens (tertiary/aromatic N) is 1. The maximum atomic E-state index is 12.6. The lowest BCUT2D eigenvalue weighted by Gasteiger charge is -2.22. The predicted molar refractivity (Wildman–Crippen MR) is 85.1 cm³/mol. The topological polar surface area (TPSA) is 29.5 Å². The molecule has 2 rings (SSSR count). The molecule has 0 aliphatic carbocycles. The van der Waals surface area contributed by atoms with Crippen molar-refractivity contribution in [3.8, 4) is 0 Å². The molecule has 1 aromatic carbocycles. The molecule has 5 heteroatoms. The molecule has 0 bridgehead atoms. The summed E-state index contributed by atoms with van der Waals surface area (Å²) in [5, 5.41) is 2.02. The molecule has 0 radical (unpaired) electrons. The number of methoxy groups -OCH3 is 1. The average molecular weight is 354 g/mol. The van der Waals surface area contributed by atoms with Gasteiger partial charge in [-0.25, -0.2) is 0 Å². The number of halogens is 1. The van der Waals surface area contributed by atoms with Crippen LogP contribution in [0.15, 0.2) is 46.3 Å². The highest BCUT2D eigenvalue weighted by molar-refractivity contribution is 9.10. The van der Waals surface area contributed by atoms with E-state index in [2.05, 4.69) is 15.9 Å². The third-order valence-corrected chi connectivity index (χ3v) is 4.21. The minimum Gasteiger partial charge on any atom is -0.383 e. The molecule has 0 aliphatic rings. The maximum absolute atomic E-state index is 12.6. The normalized spacial score (nSPS) is 10.5. The van der Waals surface area contributed by atoms with Gasteiger partial charge in [0, 0.05) is 28.6 Å². The van der Waals surface area contributed by atoms with Gasteiger partial charge in [-0.15, -0.1) is 11.3 Å². The Morgan fingerprint density at radius 3 is 2.85 bits per heavy atom. The molecular weight excluding hydrogens is 338 g/mol. The first-order valence-electron chi connectivity index (χ1n) is 6.27. The van der Waals surface area contributed by atoms with Crippen LogP contribution in [-0.2, 0) is 11.3 Å². The zero-order valence-electron chi connectivity index (χ0n) is 11.2. The molecule has 0 aliphatic heterocycles. The van der Waals surface area contributed by atoms with E-state index >= 15 is 0 Å². The Morgan fingerprint density at radius 1 is 1.35 bits per heavy atom. The summed E-state index contributed by atoms with van der Waals surface area (Å²) in [6.07, 6.45) is 0. The van der Waals surface area contributed by atoms with Crippen molar-refractivity contribution in [2.24, 2.45) is 0 Å². The number of carbonyl (C=O) groups excluding carboxylic acids is 1. The van der Waals surface area contributed by atoms with Crippen molar-refractivity contribution in [1.82, 2.24) is 4.90 Å². The second-order valence-corrected chi connectivity index (χ2v) is 6.26. The molecule has 1 amide bonds. The number of benzene rings is 1. The summed E-state index contributed by atoms with van der Waals surface area (Å²) in [5.74, 6) is 0.0248. The van der Waals surface area contributed by atoms with Gasteiger partial charge in [0.25, 0.3) is 5.91 Å². The van der Waals surface area contributed by atoms with Gasteiger partial charge >= 0.3 is 0 Å². The molecule has 0 saturated heterocycles. The Bertz CT molecular complexity index is 557. The SMILES string of the molecule is COCCN(Cc1cccs1)C(=O)c1cccc(Br)c1. The molecule has 1 heterocycles. The highest BCUT2D eigenvalue weighted by atomic mass is 79.9. The number of thiophene rings is 1. The zero-order valence-corrected chi connectivity index (χ0v) is 13.6. The van der Waals surface area contributed by atoms with Gasteiger partial charge in [-0.1, -0.05) is 28.1 Å². The molecule has 1 aromatic heterocycles. The van der Waals surface area contributed by atoms with E-state index in [9.17, 15) is 4.79 Å². The zero-order chi connectivity index (χ0) is 14.4. The fraction of sp³-hybridized carbons (Fsp3) is 0.267. The second-order valence-electron chi connectivity index (χ2n) is 4.31. The molecular formula is C15H16BrNO2S. The molecule has 0 N–H and O–H groups in total. The van der Waals surface area contributed by atoms with Crippen LogP contribution in [0, 0.1) is 0 Å². The van der Waals surface area contributed by atoms with Crippen molar-refractivity contribution in [3.05, 3.63) is 56.7 Å². The van der Waals surface area contributed by atoms with E-state index in [1.165, 1.54) is 4.88 Å². The summed E-state index contributed by atoms with van der Waals surface area (Å²) in [5.41, 5.74) is 0.687. The minimum atomic E-state index is 0.0248. The van der Waals surface area contributed by atoms with E-state index in [0.717, 1.165) is 4.47 Å². The van der Waals surface area contributed by atoms with Crippen LogP contribution in [-0.4, -0.2) is 31.1 Å². The van der Waals surface area contributed by atoms with Crippen molar-refractivity contribution in [2.75, 3.05) is 20.3 Å². The second kappa shape index (κ2) is 7.57. The van der Waals surface area contributed by atoms with Crippen LogP contribution in [0.1, 0.15) is 15.2 Å². The largest absolute Gasteiger partial charge is 0.383 e. The minimum absolute atomic E-state index is 0.0248. The summed E-state index contributed by atoms with van der Waals surface area (Å²) < 4.78 is 6.01. The van der Waals surface area contributed by atoms with Gasteiger partial charge in [0.05, 0.1) is 13.2 Å². The van der Waals surface area contributed by atoms with E-state index in [-0.39, 0.29) is 5.91 Å². The van der Waals surface area contributed by atoms with E-state index in [4.69, 9.17) is 4.74 Å². The van der Waals surface area contributed by atoms with Crippen LogP contribution in [0.3, 0.4) is 0 Å². The first-order valence-corrected chi connectivity index (χ1v) is 7.94. The summed E-state index contributed by atoms with van der Waals surface area (Å²) in [6.45, 7) is 1.73.